The lowest BCUT2D eigenvalue weighted by Gasteiger charge is -2.15. The molecule has 1 N–H and O–H groups in total. The number of thioether (sulfide) groups is 1. The normalized spacial score (nSPS) is 20.6. The van der Waals surface area contributed by atoms with E-state index in [2.05, 4.69) is 9.97 Å². The fourth-order valence-electron chi connectivity index (χ4n) is 1.53. The molecule has 5 nitrogen and oxygen atoms in total. The molecule has 0 saturated carbocycles. The molecular formula is C9H10ClN3O2S. The van der Waals surface area contributed by atoms with Crippen LogP contribution in [0.15, 0.2) is 11.2 Å². The van der Waals surface area contributed by atoms with E-state index < -0.39 is 6.10 Å². The number of hydrogen-bond acceptors (Lipinski definition) is 5. The highest BCUT2D eigenvalue weighted by molar-refractivity contribution is 7.98. The number of carbonyl (C=O) groups is 1. The van der Waals surface area contributed by atoms with Crippen LogP contribution in [-0.2, 0) is 4.79 Å². The van der Waals surface area contributed by atoms with E-state index in [0.717, 1.165) is 0 Å². The van der Waals surface area contributed by atoms with Crippen molar-refractivity contribution >= 4 is 35.1 Å². The Hall–Kier alpha value is -0.850. The van der Waals surface area contributed by atoms with E-state index in [1.807, 2.05) is 6.26 Å². The van der Waals surface area contributed by atoms with Gasteiger partial charge in [-0.25, -0.2) is 9.97 Å². The molecule has 1 aliphatic rings. The minimum atomic E-state index is -0.626. The van der Waals surface area contributed by atoms with E-state index in [1.54, 1.807) is 0 Å². The molecule has 1 atom stereocenters. The summed E-state index contributed by atoms with van der Waals surface area (Å²) in [5.74, 6) is 0.306. The monoisotopic (exact) mass is 259 g/mol. The number of aromatic nitrogens is 2. The molecule has 1 aliphatic heterocycles. The predicted octanol–water partition coefficient (Wildman–Crippen LogP) is 0.949. The lowest BCUT2D eigenvalue weighted by atomic mass is 10.3. The number of halogens is 1. The summed E-state index contributed by atoms with van der Waals surface area (Å²) in [6.45, 7) is 0.264. The first-order valence-electron chi connectivity index (χ1n) is 4.67. The predicted molar refractivity (Wildman–Crippen MR) is 61.8 cm³/mol. The minimum absolute atomic E-state index is 0.135. The third-order valence-electron chi connectivity index (χ3n) is 2.22. The van der Waals surface area contributed by atoms with Crippen molar-refractivity contribution in [3.63, 3.8) is 0 Å². The fourth-order valence-corrected chi connectivity index (χ4v) is 2.13. The first-order valence-corrected chi connectivity index (χ1v) is 6.27. The molecule has 7 heteroatoms. The van der Waals surface area contributed by atoms with Crippen LogP contribution in [0.1, 0.15) is 6.42 Å². The van der Waals surface area contributed by atoms with Gasteiger partial charge < -0.3 is 5.11 Å². The maximum atomic E-state index is 11.6. The Morgan fingerprint density at radius 1 is 1.62 bits per heavy atom. The molecule has 0 radical (unpaired) electrons. The van der Waals surface area contributed by atoms with Crippen molar-refractivity contribution in [2.45, 2.75) is 17.7 Å². The van der Waals surface area contributed by atoms with Gasteiger partial charge >= 0.3 is 0 Å². The second-order valence-electron chi connectivity index (χ2n) is 3.40. The molecule has 0 aromatic carbocycles. The number of anilines is 1. The Labute approximate surface area is 102 Å². The van der Waals surface area contributed by atoms with Crippen molar-refractivity contribution in [1.82, 2.24) is 9.97 Å². The van der Waals surface area contributed by atoms with Gasteiger partial charge in [0, 0.05) is 6.07 Å². The summed E-state index contributed by atoms with van der Waals surface area (Å²) in [4.78, 5) is 21.1. The van der Waals surface area contributed by atoms with Crippen LogP contribution in [0.4, 0.5) is 5.82 Å². The number of aliphatic hydroxyl groups excluding tert-OH is 1. The van der Waals surface area contributed by atoms with E-state index >= 15 is 0 Å². The molecule has 1 aromatic rings. The topological polar surface area (TPSA) is 66.3 Å². The molecule has 1 amide bonds. The van der Waals surface area contributed by atoms with Crippen LogP contribution in [-0.4, -0.2) is 39.9 Å². The Kier molecular flexibility index (Phi) is 3.32. The summed E-state index contributed by atoms with van der Waals surface area (Å²) in [6.07, 6.45) is 1.34. The Morgan fingerprint density at radius 2 is 2.38 bits per heavy atom. The Balaban J connectivity index is 2.33. The molecular weight excluding hydrogens is 250 g/mol. The summed E-state index contributed by atoms with van der Waals surface area (Å²) in [7, 11) is 0. The summed E-state index contributed by atoms with van der Waals surface area (Å²) in [5.41, 5.74) is 0. The van der Waals surface area contributed by atoms with Gasteiger partial charge in [0.1, 0.15) is 11.0 Å². The smallest absolute Gasteiger partial charge is 0.230 e. The third kappa shape index (κ3) is 2.28. The quantitative estimate of drug-likeness (QED) is 0.487. The van der Waals surface area contributed by atoms with E-state index in [4.69, 9.17) is 11.6 Å². The van der Waals surface area contributed by atoms with Crippen molar-refractivity contribution in [2.24, 2.45) is 0 Å². The van der Waals surface area contributed by atoms with Gasteiger partial charge in [-0.3, -0.25) is 9.69 Å². The van der Waals surface area contributed by atoms with Crippen LogP contribution in [0, 0.1) is 0 Å². The van der Waals surface area contributed by atoms with Crippen LogP contribution in [0.2, 0.25) is 5.15 Å². The lowest BCUT2D eigenvalue weighted by molar-refractivity contribution is -0.117. The van der Waals surface area contributed by atoms with Gasteiger partial charge in [-0.1, -0.05) is 23.4 Å². The molecule has 16 heavy (non-hydrogen) atoms. The molecule has 2 rings (SSSR count). The average Bonchev–Trinajstić information content (AvgIpc) is 2.57. The highest BCUT2D eigenvalue weighted by Gasteiger charge is 2.30. The molecule has 0 aliphatic carbocycles. The van der Waals surface area contributed by atoms with Gasteiger partial charge in [-0.05, 0) is 6.26 Å². The van der Waals surface area contributed by atoms with E-state index in [9.17, 15) is 9.90 Å². The molecule has 1 aromatic heterocycles. The SMILES string of the molecule is CSc1nc(Cl)cc(N2CC(O)CC2=O)n1. The standard InChI is InChI=1S/C9H10ClN3O2S/c1-16-9-11-6(10)3-7(12-9)13-4-5(14)2-8(13)15/h3,5,14H,2,4H2,1H3. The zero-order valence-corrected chi connectivity index (χ0v) is 10.1. The molecule has 0 bridgehead atoms. The van der Waals surface area contributed by atoms with E-state index in [1.165, 1.54) is 22.7 Å². The summed E-state index contributed by atoms with van der Waals surface area (Å²) >= 11 is 7.18. The van der Waals surface area contributed by atoms with Crippen LogP contribution < -0.4 is 4.90 Å². The van der Waals surface area contributed by atoms with Gasteiger partial charge in [0.05, 0.1) is 19.1 Å². The van der Waals surface area contributed by atoms with Crippen molar-refractivity contribution in [1.29, 1.82) is 0 Å². The van der Waals surface area contributed by atoms with Crippen LogP contribution >= 0.6 is 23.4 Å². The number of amides is 1. The molecule has 1 fully saturated rings. The van der Waals surface area contributed by atoms with Crippen LogP contribution in [0.5, 0.6) is 0 Å². The molecule has 0 spiro atoms. The largest absolute Gasteiger partial charge is 0.391 e. The molecule has 1 saturated heterocycles. The molecule has 2 heterocycles. The number of β-amino-alcohol motifs (C(OH)–C–C–N with tert-alkyl or cyclic N) is 1. The van der Waals surface area contributed by atoms with Crippen molar-refractivity contribution in [3.05, 3.63) is 11.2 Å². The maximum absolute atomic E-state index is 11.6. The number of rotatable bonds is 2. The van der Waals surface area contributed by atoms with Gasteiger partial charge in [0.2, 0.25) is 5.91 Å². The summed E-state index contributed by atoms with van der Waals surface area (Å²) in [6, 6.07) is 1.53. The van der Waals surface area contributed by atoms with Gasteiger partial charge in [0.25, 0.3) is 0 Å². The number of nitrogens with zero attached hydrogens (tertiary/aromatic N) is 3. The zero-order valence-electron chi connectivity index (χ0n) is 8.55. The van der Waals surface area contributed by atoms with Gasteiger partial charge in [0.15, 0.2) is 5.16 Å². The number of aliphatic hydroxyl groups is 1. The average molecular weight is 260 g/mol. The zero-order chi connectivity index (χ0) is 11.7. The van der Waals surface area contributed by atoms with E-state index in [0.29, 0.717) is 16.1 Å². The highest BCUT2D eigenvalue weighted by Crippen LogP contribution is 2.24. The summed E-state index contributed by atoms with van der Waals surface area (Å²) in [5, 5.41) is 10.2. The Bertz CT molecular complexity index is 429. The first-order chi connectivity index (χ1) is 7.60. The number of carbonyl (C=O) groups excluding carboxylic acids is 1. The van der Waals surface area contributed by atoms with E-state index in [-0.39, 0.29) is 18.9 Å². The van der Waals surface area contributed by atoms with Gasteiger partial charge in [-0.2, -0.15) is 0 Å². The van der Waals surface area contributed by atoms with Crippen molar-refractivity contribution < 1.29 is 9.90 Å². The third-order valence-corrected chi connectivity index (χ3v) is 2.97. The van der Waals surface area contributed by atoms with Crippen molar-refractivity contribution in [2.75, 3.05) is 17.7 Å². The lowest BCUT2D eigenvalue weighted by Crippen LogP contribution is -2.26. The Morgan fingerprint density at radius 3 is 2.94 bits per heavy atom. The maximum Gasteiger partial charge on any atom is 0.230 e. The fraction of sp³-hybridized carbons (Fsp3) is 0.444. The second-order valence-corrected chi connectivity index (χ2v) is 4.56. The summed E-state index contributed by atoms with van der Waals surface area (Å²) < 4.78 is 0. The van der Waals surface area contributed by atoms with Crippen LogP contribution in [0.25, 0.3) is 0 Å². The number of hydrogen-bond donors (Lipinski definition) is 1. The first kappa shape index (κ1) is 11.6. The minimum Gasteiger partial charge on any atom is -0.391 e. The second kappa shape index (κ2) is 4.57. The molecule has 1 unspecified atom stereocenters. The van der Waals surface area contributed by atoms with Gasteiger partial charge in [-0.15, -0.1) is 0 Å². The van der Waals surface area contributed by atoms with Crippen molar-refractivity contribution in [3.8, 4) is 0 Å². The highest BCUT2D eigenvalue weighted by atomic mass is 35.5. The molecule has 86 valence electrons. The van der Waals surface area contributed by atoms with Crippen LogP contribution in [0.3, 0.4) is 0 Å².